The Balaban J connectivity index is 2.02. The summed E-state index contributed by atoms with van der Waals surface area (Å²) in [5.74, 6) is 0.898. The van der Waals surface area contributed by atoms with E-state index in [-0.39, 0.29) is 5.56 Å². The topological polar surface area (TPSA) is 38.1 Å². The molecule has 0 saturated carbocycles. The molecule has 1 aliphatic rings. The number of likely N-dealkylation sites (tertiary alicyclic amines) is 1. The van der Waals surface area contributed by atoms with Crippen LogP contribution in [0.5, 0.6) is 0 Å². The number of hydrogen-bond acceptors (Lipinski definition) is 3. The molecule has 0 radical (unpaired) electrons. The second kappa shape index (κ2) is 5.98. The van der Waals surface area contributed by atoms with Gasteiger partial charge in [-0.1, -0.05) is 18.6 Å². The molecule has 0 amide bonds. The number of nitrogens with zero attached hydrogens (tertiary/aromatic N) is 3. The minimum atomic E-state index is 0.0859. The average Bonchev–Trinajstić information content (AvgIpc) is 2.50. The lowest BCUT2D eigenvalue weighted by molar-refractivity contribution is 0.146. The molecule has 1 aromatic carbocycles. The predicted octanol–water partition coefficient (Wildman–Crippen LogP) is 2.79. The molecule has 1 unspecified atom stereocenters. The summed E-state index contributed by atoms with van der Waals surface area (Å²) in [5.41, 5.74) is 0.898. The van der Waals surface area contributed by atoms with Crippen LogP contribution >= 0.6 is 0 Å². The third-order valence-corrected chi connectivity index (χ3v) is 4.54. The maximum Gasteiger partial charge on any atom is 0.261 e. The van der Waals surface area contributed by atoms with E-state index in [0.717, 1.165) is 29.8 Å². The van der Waals surface area contributed by atoms with E-state index in [1.807, 2.05) is 35.8 Å². The van der Waals surface area contributed by atoms with Crippen molar-refractivity contribution >= 4 is 10.9 Å². The van der Waals surface area contributed by atoms with Crippen LogP contribution in [0.3, 0.4) is 0 Å². The van der Waals surface area contributed by atoms with E-state index in [0.29, 0.717) is 12.6 Å². The summed E-state index contributed by atoms with van der Waals surface area (Å²) in [6, 6.07) is 8.22. The summed E-state index contributed by atoms with van der Waals surface area (Å²) < 4.78 is 1.82. The summed E-state index contributed by atoms with van der Waals surface area (Å²) in [4.78, 5) is 19.8. The normalized spacial score (nSPS) is 20.0. The molecule has 2 aromatic rings. The minimum absolute atomic E-state index is 0.0859. The van der Waals surface area contributed by atoms with Gasteiger partial charge in [-0.05, 0) is 45.4 Å². The van der Waals surface area contributed by atoms with E-state index in [1.165, 1.54) is 19.3 Å². The first-order chi connectivity index (χ1) is 10.2. The molecule has 2 heterocycles. The molecule has 1 saturated heterocycles. The zero-order valence-electron chi connectivity index (χ0n) is 12.9. The Labute approximate surface area is 125 Å². The summed E-state index contributed by atoms with van der Waals surface area (Å²) >= 11 is 0. The van der Waals surface area contributed by atoms with Crippen molar-refractivity contribution < 1.29 is 0 Å². The highest BCUT2D eigenvalue weighted by Crippen LogP contribution is 2.19. The minimum Gasteiger partial charge on any atom is -0.295 e. The molecule has 1 aromatic heterocycles. The third-order valence-electron chi connectivity index (χ3n) is 4.54. The van der Waals surface area contributed by atoms with Gasteiger partial charge in [-0.25, -0.2) is 4.98 Å². The first kappa shape index (κ1) is 14.3. The lowest BCUT2D eigenvalue weighted by Crippen LogP contribution is -2.39. The predicted molar refractivity (Wildman–Crippen MR) is 85.4 cm³/mol. The van der Waals surface area contributed by atoms with Gasteiger partial charge in [0.2, 0.25) is 0 Å². The van der Waals surface area contributed by atoms with E-state index >= 15 is 0 Å². The van der Waals surface area contributed by atoms with Crippen molar-refractivity contribution in [2.75, 3.05) is 6.54 Å². The Bertz CT molecular complexity index is 692. The highest BCUT2D eigenvalue weighted by atomic mass is 16.1. The highest BCUT2D eigenvalue weighted by molar-refractivity contribution is 5.77. The smallest absolute Gasteiger partial charge is 0.261 e. The Morgan fingerprint density at radius 2 is 2.10 bits per heavy atom. The van der Waals surface area contributed by atoms with Gasteiger partial charge in [-0.15, -0.1) is 0 Å². The van der Waals surface area contributed by atoms with Gasteiger partial charge in [-0.3, -0.25) is 14.3 Å². The maximum atomic E-state index is 12.6. The van der Waals surface area contributed by atoms with Gasteiger partial charge >= 0.3 is 0 Å². The van der Waals surface area contributed by atoms with Crippen molar-refractivity contribution in [1.29, 1.82) is 0 Å². The molecule has 0 aliphatic carbocycles. The van der Waals surface area contributed by atoms with Crippen LogP contribution in [0.2, 0.25) is 0 Å². The van der Waals surface area contributed by atoms with Crippen molar-refractivity contribution in [1.82, 2.24) is 14.5 Å². The molecule has 1 aliphatic heterocycles. The Morgan fingerprint density at radius 1 is 1.29 bits per heavy atom. The first-order valence-electron chi connectivity index (χ1n) is 7.93. The summed E-state index contributed by atoms with van der Waals surface area (Å²) in [7, 11) is 0. The van der Waals surface area contributed by atoms with E-state index in [4.69, 9.17) is 4.98 Å². The molecule has 1 fully saturated rings. The number of fused-ring (bicyclic) bond motifs is 1. The fraction of sp³-hybridized carbons (Fsp3) is 0.529. The maximum absolute atomic E-state index is 12.6. The Kier molecular flexibility index (Phi) is 4.06. The van der Waals surface area contributed by atoms with E-state index in [2.05, 4.69) is 11.8 Å². The van der Waals surface area contributed by atoms with Crippen LogP contribution in [0.15, 0.2) is 29.1 Å². The Hall–Kier alpha value is -1.68. The molecule has 21 heavy (non-hydrogen) atoms. The molecule has 3 rings (SSSR count). The van der Waals surface area contributed by atoms with Crippen molar-refractivity contribution in [3.63, 3.8) is 0 Å². The fourth-order valence-electron chi connectivity index (χ4n) is 3.23. The molecule has 112 valence electrons. The standard InChI is InChI=1S/C17H23N3O/c1-3-20-16(12-19-11-7-6-8-13(19)2)18-15-10-5-4-9-14(15)17(20)21/h4-5,9-10,13H,3,6-8,11-12H2,1-2H3. The van der Waals surface area contributed by atoms with Gasteiger partial charge in [0, 0.05) is 12.6 Å². The SMILES string of the molecule is CCn1c(CN2CCCCC2C)nc2ccccc2c1=O. The number of hydrogen-bond donors (Lipinski definition) is 0. The molecular weight excluding hydrogens is 262 g/mol. The van der Waals surface area contributed by atoms with Crippen LogP contribution in [-0.2, 0) is 13.1 Å². The zero-order chi connectivity index (χ0) is 14.8. The van der Waals surface area contributed by atoms with Crippen LogP contribution in [-0.4, -0.2) is 27.0 Å². The van der Waals surface area contributed by atoms with E-state index < -0.39 is 0 Å². The van der Waals surface area contributed by atoms with Crippen molar-refractivity contribution in [2.45, 2.75) is 52.2 Å². The van der Waals surface area contributed by atoms with Crippen LogP contribution in [0.25, 0.3) is 10.9 Å². The molecule has 4 nitrogen and oxygen atoms in total. The monoisotopic (exact) mass is 285 g/mol. The quantitative estimate of drug-likeness (QED) is 0.870. The Morgan fingerprint density at radius 3 is 2.86 bits per heavy atom. The third kappa shape index (κ3) is 2.72. The molecule has 4 heteroatoms. The van der Waals surface area contributed by atoms with Gasteiger partial charge in [0.05, 0.1) is 17.4 Å². The summed E-state index contributed by atoms with van der Waals surface area (Å²) in [5, 5.41) is 0.717. The molecule has 0 N–H and O–H groups in total. The van der Waals surface area contributed by atoms with Crippen molar-refractivity contribution in [3.05, 3.63) is 40.4 Å². The van der Waals surface area contributed by atoms with Crippen LogP contribution in [0, 0.1) is 0 Å². The largest absolute Gasteiger partial charge is 0.295 e. The fourth-order valence-corrected chi connectivity index (χ4v) is 3.23. The molecule has 1 atom stereocenters. The number of aromatic nitrogens is 2. The van der Waals surface area contributed by atoms with Gasteiger partial charge < -0.3 is 0 Å². The lowest BCUT2D eigenvalue weighted by atomic mass is 10.0. The zero-order valence-corrected chi connectivity index (χ0v) is 12.9. The van der Waals surface area contributed by atoms with Crippen molar-refractivity contribution in [2.24, 2.45) is 0 Å². The number of benzene rings is 1. The van der Waals surface area contributed by atoms with Gasteiger partial charge in [-0.2, -0.15) is 0 Å². The van der Waals surface area contributed by atoms with Gasteiger partial charge in [0.25, 0.3) is 5.56 Å². The number of para-hydroxylation sites is 1. The molecular formula is C17H23N3O. The van der Waals surface area contributed by atoms with Crippen LogP contribution in [0.1, 0.15) is 38.9 Å². The molecule has 0 spiro atoms. The second-order valence-electron chi connectivity index (χ2n) is 5.91. The highest BCUT2D eigenvalue weighted by Gasteiger charge is 2.20. The van der Waals surface area contributed by atoms with Gasteiger partial charge in [0.15, 0.2) is 0 Å². The van der Waals surface area contributed by atoms with E-state index in [1.54, 1.807) is 0 Å². The average molecular weight is 285 g/mol. The summed E-state index contributed by atoms with van der Waals surface area (Å²) in [6.07, 6.45) is 3.79. The van der Waals surface area contributed by atoms with Crippen molar-refractivity contribution in [3.8, 4) is 0 Å². The van der Waals surface area contributed by atoms with E-state index in [9.17, 15) is 4.79 Å². The van der Waals surface area contributed by atoms with Crippen LogP contribution in [0.4, 0.5) is 0 Å². The van der Waals surface area contributed by atoms with Crippen LogP contribution < -0.4 is 5.56 Å². The lowest BCUT2D eigenvalue weighted by Gasteiger charge is -2.33. The first-order valence-corrected chi connectivity index (χ1v) is 7.93. The number of piperidine rings is 1. The second-order valence-corrected chi connectivity index (χ2v) is 5.91. The van der Waals surface area contributed by atoms with Gasteiger partial charge in [0.1, 0.15) is 5.82 Å². The molecule has 0 bridgehead atoms. The number of rotatable bonds is 3. The summed E-state index contributed by atoms with van der Waals surface area (Å²) in [6.45, 7) is 6.84.